The molecule has 1 saturated heterocycles. The lowest BCUT2D eigenvalue weighted by atomic mass is 10.2. The number of methoxy groups -OCH3 is 2. The number of aryl methyl sites for hydroxylation is 1. The average Bonchev–Trinajstić information content (AvgIpc) is 3.43. The molecular weight excluding hydrogens is 394 g/mol. The number of benzene rings is 1. The van der Waals surface area contributed by atoms with Crippen LogP contribution in [-0.4, -0.2) is 48.3 Å². The van der Waals surface area contributed by atoms with E-state index in [2.05, 4.69) is 9.88 Å². The van der Waals surface area contributed by atoms with E-state index in [0.29, 0.717) is 18.2 Å². The molecule has 0 aliphatic carbocycles. The van der Waals surface area contributed by atoms with E-state index in [-0.39, 0.29) is 6.10 Å². The Hall–Kier alpha value is -2.90. The third-order valence-corrected chi connectivity index (χ3v) is 5.50. The number of rotatable bonds is 9. The van der Waals surface area contributed by atoms with Crippen molar-refractivity contribution in [2.45, 2.75) is 39.0 Å². The van der Waals surface area contributed by atoms with Crippen molar-refractivity contribution in [1.82, 2.24) is 14.9 Å². The van der Waals surface area contributed by atoms with Gasteiger partial charge in [-0.1, -0.05) is 6.07 Å². The van der Waals surface area contributed by atoms with Crippen LogP contribution in [0.2, 0.25) is 0 Å². The summed E-state index contributed by atoms with van der Waals surface area (Å²) in [7, 11) is 3.26. The van der Waals surface area contributed by atoms with Crippen LogP contribution in [0.3, 0.4) is 0 Å². The van der Waals surface area contributed by atoms with E-state index >= 15 is 0 Å². The van der Waals surface area contributed by atoms with Crippen LogP contribution < -0.4 is 9.47 Å². The van der Waals surface area contributed by atoms with Crippen LogP contribution in [0, 0.1) is 6.92 Å². The van der Waals surface area contributed by atoms with Gasteiger partial charge in [0.2, 0.25) is 5.89 Å². The Labute approximate surface area is 183 Å². The molecule has 3 heterocycles. The summed E-state index contributed by atoms with van der Waals surface area (Å²) in [5.74, 6) is 2.73. The lowest BCUT2D eigenvalue weighted by molar-refractivity contribution is 0.0669. The fourth-order valence-electron chi connectivity index (χ4n) is 3.86. The fourth-order valence-corrected chi connectivity index (χ4v) is 3.86. The van der Waals surface area contributed by atoms with Crippen molar-refractivity contribution in [3.63, 3.8) is 0 Å². The number of hydrogen-bond acceptors (Lipinski definition) is 7. The summed E-state index contributed by atoms with van der Waals surface area (Å²) in [5, 5.41) is 0. The highest BCUT2D eigenvalue weighted by molar-refractivity contribution is 5.65. The highest BCUT2D eigenvalue weighted by Gasteiger charge is 2.23. The molecule has 0 amide bonds. The van der Waals surface area contributed by atoms with Crippen LogP contribution in [0.15, 0.2) is 47.0 Å². The molecule has 0 radical (unpaired) electrons. The van der Waals surface area contributed by atoms with Gasteiger partial charge >= 0.3 is 0 Å². The predicted molar refractivity (Wildman–Crippen MR) is 117 cm³/mol. The van der Waals surface area contributed by atoms with Gasteiger partial charge in [-0.2, -0.15) is 0 Å². The maximum Gasteiger partial charge on any atom is 0.230 e. The molecule has 0 N–H and O–H groups in total. The second kappa shape index (κ2) is 9.94. The van der Waals surface area contributed by atoms with Crippen molar-refractivity contribution in [2.75, 3.05) is 27.4 Å². The zero-order valence-electron chi connectivity index (χ0n) is 18.3. The normalized spacial score (nSPS) is 16.1. The van der Waals surface area contributed by atoms with Crippen LogP contribution >= 0.6 is 0 Å². The lowest BCUT2D eigenvalue weighted by Crippen LogP contribution is -2.32. The van der Waals surface area contributed by atoms with Crippen molar-refractivity contribution in [1.29, 1.82) is 0 Å². The smallest absolute Gasteiger partial charge is 0.230 e. The van der Waals surface area contributed by atoms with Gasteiger partial charge in [-0.05, 0) is 44.0 Å². The van der Waals surface area contributed by atoms with Crippen molar-refractivity contribution in [3.05, 3.63) is 59.7 Å². The van der Waals surface area contributed by atoms with E-state index < -0.39 is 0 Å². The quantitative estimate of drug-likeness (QED) is 0.510. The summed E-state index contributed by atoms with van der Waals surface area (Å²) in [6.07, 6.45) is 4.28. The van der Waals surface area contributed by atoms with Gasteiger partial charge in [0.05, 0.1) is 37.3 Å². The summed E-state index contributed by atoms with van der Waals surface area (Å²) in [6, 6.07) is 11.6. The van der Waals surface area contributed by atoms with E-state index in [1.807, 2.05) is 49.5 Å². The first-order valence-corrected chi connectivity index (χ1v) is 10.6. The molecule has 1 aliphatic rings. The van der Waals surface area contributed by atoms with Gasteiger partial charge in [0.15, 0.2) is 0 Å². The van der Waals surface area contributed by atoms with Crippen molar-refractivity contribution in [2.24, 2.45) is 0 Å². The molecule has 0 spiro atoms. The van der Waals surface area contributed by atoms with E-state index in [9.17, 15) is 0 Å². The van der Waals surface area contributed by atoms with E-state index in [0.717, 1.165) is 61.0 Å². The van der Waals surface area contributed by atoms with E-state index in [1.165, 1.54) is 0 Å². The Morgan fingerprint density at radius 3 is 2.74 bits per heavy atom. The molecule has 164 valence electrons. The Balaban J connectivity index is 1.56. The summed E-state index contributed by atoms with van der Waals surface area (Å²) in [4.78, 5) is 11.6. The number of pyridine rings is 1. The third kappa shape index (κ3) is 5.24. The third-order valence-electron chi connectivity index (χ3n) is 5.50. The summed E-state index contributed by atoms with van der Waals surface area (Å²) in [5.41, 5.74) is 2.73. The SMILES string of the molecule is COc1ccc(-c2nc(CN(Cc3ccccn3)CC3CCCO3)c(C)o2)c(OC)c1. The minimum absolute atomic E-state index is 0.247. The predicted octanol–water partition coefficient (Wildman–Crippen LogP) is 4.24. The number of ether oxygens (including phenoxy) is 3. The Bertz CT molecular complexity index is 984. The zero-order valence-corrected chi connectivity index (χ0v) is 18.3. The van der Waals surface area contributed by atoms with Gasteiger partial charge in [0.1, 0.15) is 17.3 Å². The number of oxazole rings is 1. The van der Waals surface area contributed by atoms with Crippen LogP contribution in [0.25, 0.3) is 11.5 Å². The van der Waals surface area contributed by atoms with Gasteiger partial charge in [-0.3, -0.25) is 9.88 Å². The number of hydrogen-bond donors (Lipinski definition) is 0. The average molecular weight is 424 g/mol. The van der Waals surface area contributed by atoms with Crippen molar-refractivity contribution < 1.29 is 18.6 Å². The molecule has 1 fully saturated rings. The van der Waals surface area contributed by atoms with Gasteiger partial charge < -0.3 is 18.6 Å². The van der Waals surface area contributed by atoms with Crippen LogP contribution in [0.5, 0.6) is 11.5 Å². The molecule has 1 atom stereocenters. The molecule has 7 nitrogen and oxygen atoms in total. The highest BCUT2D eigenvalue weighted by atomic mass is 16.5. The van der Waals surface area contributed by atoms with E-state index in [4.69, 9.17) is 23.6 Å². The first-order chi connectivity index (χ1) is 15.2. The standard InChI is InChI=1S/C24H29N3O4/c1-17-22(26-24(31-17)21-10-9-19(28-2)13-23(21)29-3)16-27(15-20-8-6-12-30-20)14-18-7-4-5-11-25-18/h4-5,7,9-11,13,20H,6,8,12,14-16H2,1-3H3. The van der Waals surface area contributed by atoms with Gasteiger partial charge in [-0.15, -0.1) is 0 Å². The highest BCUT2D eigenvalue weighted by Crippen LogP contribution is 2.34. The van der Waals surface area contributed by atoms with Crippen molar-refractivity contribution >= 4 is 0 Å². The molecule has 1 aromatic carbocycles. The maximum atomic E-state index is 6.03. The Morgan fingerprint density at radius 1 is 1.13 bits per heavy atom. The number of nitrogens with zero attached hydrogens (tertiary/aromatic N) is 3. The summed E-state index contributed by atoms with van der Waals surface area (Å²) in [6.45, 7) is 5.02. The van der Waals surface area contributed by atoms with Crippen LogP contribution in [0.4, 0.5) is 0 Å². The minimum Gasteiger partial charge on any atom is -0.497 e. The molecule has 2 aromatic heterocycles. The van der Waals surface area contributed by atoms with Crippen LogP contribution in [-0.2, 0) is 17.8 Å². The largest absolute Gasteiger partial charge is 0.497 e. The molecular formula is C24H29N3O4. The van der Waals surface area contributed by atoms with E-state index in [1.54, 1.807) is 14.2 Å². The zero-order chi connectivity index (χ0) is 21.6. The molecule has 0 saturated carbocycles. The van der Waals surface area contributed by atoms with Gasteiger partial charge in [0, 0.05) is 38.5 Å². The lowest BCUT2D eigenvalue weighted by Gasteiger charge is -2.24. The molecule has 1 unspecified atom stereocenters. The molecule has 3 aromatic rings. The number of aromatic nitrogens is 2. The second-order valence-electron chi connectivity index (χ2n) is 7.71. The van der Waals surface area contributed by atoms with Crippen molar-refractivity contribution in [3.8, 4) is 23.0 Å². The first kappa shape index (κ1) is 21.3. The van der Waals surface area contributed by atoms with Gasteiger partial charge in [0.25, 0.3) is 0 Å². The Morgan fingerprint density at radius 2 is 2.03 bits per heavy atom. The first-order valence-electron chi connectivity index (χ1n) is 10.6. The van der Waals surface area contributed by atoms with Gasteiger partial charge in [-0.25, -0.2) is 4.98 Å². The summed E-state index contributed by atoms with van der Waals surface area (Å²) < 4.78 is 22.7. The van der Waals surface area contributed by atoms with Crippen LogP contribution in [0.1, 0.15) is 30.0 Å². The minimum atomic E-state index is 0.247. The fraction of sp³-hybridized carbons (Fsp3) is 0.417. The Kier molecular flexibility index (Phi) is 6.84. The maximum absolute atomic E-state index is 6.03. The topological polar surface area (TPSA) is 69.9 Å². The second-order valence-corrected chi connectivity index (χ2v) is 7.71. The molecule has 31 heavy (non-hydrogen) atoms. The molecule has 0 bridgehead atoms. The summed E-state index contributed by atoms with van der Waals surface area (Å²) >= 11 is 0. The monoisotopic (exact) mass is 423 g/mol. The molecule has 1 aliphatic heterocycles. The molecule has 4 rings (SSSR count). The molecule has 7 heteroatoms.